The molecule has 1 aliphatic rings. The van der Waals surface area contributed by atoms with Gasteiger partial charge < -0.3 is 5.32 Å². The van der Waals surface area contributed by atoms with Crippen LogP contribution in [0.2, 0.25) is 0 Å². The lowest BCUT2D eigenvalue weighted by Gasteiger charge is -2.22. The summed E-state index contributed by atoms with van der Waals surface area (Å²) in [5, 5.41) is 3.04. The molecule has 2 rings (SSSR count). The van der Waals surface area contributed by atoms with Crippen molar-refractivity contribution in [2.75, 3.05) is 13.6 Å². The Labute approximate surface area is 135 Å². The van der Waals surface area contributed by atoms with Crippen LogP contribution < -0.4 is 10.0 Å². The molecule has 1 aromatic rings. The molecular weight excluding hydrogens is 352 g/mol. The molecule has 0 aromatic heterocycles. The van der Waals surface area contributed by atoms with E-state index in [1.807, 2.05) is 13.1 Å². The first-order valence-electron chi connectivity index (χ1n) is 7.45. The van der Waals surface area contributed by atoms with Crippen molar-refractivity contribution in [2.24, 2.45) is 5.92 Å². The molecule has 1 aliphatic carbocycles. The minimum Gasteiger partial charge on any atom is -0.316 e. The van der Waals surface area contributed by atoms with Crippen molar-refractivity contribution >= 4 is 26.0 Å². The standard InChI is InChI=1S/C15H23BrN2O2S/c1-17-10-13-7-8-14(16)15(9-13)21(19,20)18-11-12-5-3-2-4-6-12/h7-9,12,17-18H,2-6,10-11H2,1H3. The minimum absolute atomic E-state index is 0.325. The highest BCUT2D eigenvalue weighted by Crippen LogP contribution is 2.25. The predicted octanol–water partition coefficient (Wildman–Crippen LogP) is 3.03. The zero-order valence-corrected chi connectivity index (χ0v) is 14.8. The van der Waals surface area contributed by atoms with E-state index in [1.165, 1.54) is 19.3 Å². The van der Waals surface area contributed by atoms with Gasteiger partial charge in [-0.2, -0.15) is 0 Å². The third-order valence-electron chi connectivity index (χ3n) is 3.95. The predicted molar refractivity (Wildman–Crippen MR) is 88.7 cm³/mol. The molecule has 0 saturated heterocycles. The molecule has 0 bridgehead atoms. The lowest BCUT2D eigenvalue weighted by molar-refractivity contribution is 0.357. The molecule has 2 N–H and O–H groups in total. The van der Waals surface area contributed by atoms with Crippen LogP contribution in [0.1, 0.15) is 37.7 Å². The van der Waals surface area contributed by atoms with Crippen molar-refractivity contribution in [2.45, 2.75) is 43.5 Å². The maximum atomic E-state index is 12.5. The van der Waals surface area contributed by atoms with Crippen LogP contribution in [0.4, 0.5) is 0 Å². The van der Waals surface area contributed by atoms with E-state index in [0.29, 0.717) is 28.4 Å². The van der Waals surface area contributed by atoms with Gasteiger partial charge in [0.05, 0.1) is 4.90 Å². The van der Waals surface area contributed by atoms with E-state index in [-0.39, 0.29) is 0 Å². The van der Waals surface area contributed by atoms with E-state index in [9.17, 15) is 8.42 Å². The van der Waals surface area contributed by atoms with Gasteiger partial charge in [-0.3, -0.25) is 0 Å². The minimum atomic E-state index is -3.46. The number of benzene rings is 1. The SMILES string of the molecule is CNCc1ccc(Br)c(S(=O)(=O)NCC2CCCCC2)c1. The highest BCUT2D eigenvalue weighted by atomic mass is 79.9. The molecule has 1 aromatic carbocycles. The lowest BCUT2D eigenvalue weighted by atomic mass is 9.90. The van der Waals surface area contributed by atoms with Gasteiger partial charge in [0.25, 0.3) is 0 Å². The third kappa shape index (κ3) is 4.77. The van der Waals surface area contributed by atoms with Crippen LogP contribution in [0, 0.1) is 5.92 Å². The monoisotopic (exact) mass is 374 g/mol. The van der Waals surface area contributed by atoms with Crippen LogP contribution in [0.25, 0.3) is 0 Å². The zero-order chi connectivity index (χ0) is 15.3. The molecule has 0 heterocycles. The summed E-state index contributed by atoms with van der Waals surface area (Å²) in [6.45, 7) is 1.20. The summed E-state index contributed by atoms with van der Waals surface area (Å²) in [5.74, 6) is 0.479. The average Bonchev–Trinajstić information content (AvgIpc) is 2.48. The molecule has 0 radical (unpaired) electrons. The first-order chi connectivity index (χ1) is 10.0. The van der Waals surface area contributed by atoms with Crippen LogP contribution in [-0.4, -0.2) is 22.0 Å². The van der Waals surface area contributed by atoms with Gasteiger partial charge in [0, 0.05) is 17.6 Å². The Morgan fingerprint density at radius 3 is 2.62 bits per heavy atom. The Balaban J connectivity index is 2.08. The molecule has 4 nitrogen and oxygen atoms in total. The first-order valence-corrected chi connectivity index (χ1v) is 9.73. The van der Waals surface area contributed by atoms with Gasteiger partial charge >= 0.3 is 0 Å². The molecular formula is C15H23BrN2O2S. The summed E-state index contributed by atoms with van der Waals surface area (Å²) in [4.78, 5) is 0.325. The number of halogens is 1. The topological polar surface area (TPSA) is 58.2 Å². The Morgan fingerprint density at radius 2 is 1.95 bits per heavy atom. The van der Waals surface area contributed by atoms with Gasteiger partial charge in [-0.05, 0) is 59.4 Å². The van der Waals surface area contributed by atoms with E-state index >= 15 is 0 Å². The van der Waals surface area contributed by atoms with E-state index in [0.717, 1.165) is 18.4 Å². The number of rotatable bonds is 6. The van der Waals surface area contributed by atoms with Crippen molar-refractivity contribution < 1.29 is 8.42 Å². The lowest BCUT2D eigenvalue weighted by Crippen LogP contribution is -2.30. The fraction of sp³-hybridized carbons (Fsp3) is 0.600. The van der Waals surface area contributed by atoms with Crippen LogP contribution in [0.5, 0.6) is 0 Å². The smallest absolute Gasteiger partial charge is 0.241 e. The van der Waals surface area contributed by atoms with Crippen LogP contribution >= 0.6 is 15.9 Å². The van der Waals surface area contributed by atoms with Crippen molar-refractivity contribution in [3.05, 3.63) is 28.2 Å². The quantitative estimate of drug-likeness (QED) is 0.804. The van der Waals surface area contributed by atoms with Crippen molar-refractivity contribution in [1.29, 1.82) is 0 Å². The van der Waals surface area contributed by atoms with Crippen molar-refractivity contribution in [1.82, 2.24) is 10.0 Å². The normalized spacial score (nSPS) is 17.0. The number of nitrogens with one attached hydrogen (secondary N) is 2. The highest BCUT2D eigenvalue weighted by molar-refractivity contribution is 9.10. The second kappa shape index (κ2) is 7.72. The molecule has 118 valence electrons. The maximum Gasteiger partial charge on any atom is 0.241 e. The summed E-state index contributed by atoms with van der Waals surface area (Å²) >= 11 is 3.34. The third-order valence-corrected chi connectivity index (χ3v) is 6.37. The molecule has 21 heavy (non-hydrogen) atoms. The first kappa shape index (κ1) is 16.9. The summed E-state index contributed by atoms with van der Waals surface area (Å²) in [6.07, 6.45) is 5.97. The maximum absolute atomic E-state index is 12.5. The Bertz CT molecular complexity index is 569. The molecule has 0 spiro atoms. The van der Waals surface area contributed by atoms with Crippen molar-refractivity contribution in [3.8, 4) is 0 Å². The van der Waals surface area contributed by atoms with Gasteiger partial charge in [0.2, 0.25) is 10.0 Å². The van der Waals surface area contributed by atoms with Gasteiger partial charge in [-0.1, -0.05) is 25.3 Å². The molecule has 0 unspecified atom stereocenters. The van der Waals surface area contributed by atoms with Crippen LogP contribution in [0.15, 0.2) is 27.6 Å². The van der Waals surface area contributed by atoms with E-state index in [1.54, 1.807) is 12.1 Å². The van der Waals surface area contributed by atoms with E-state index < -0.39 is 10.0 Å². The van der Waals surface area contributed by atoms with Crippen LogP contribution in [-0.2, 0) is 16.6 Å². The Morgan fingerprint density at radius 1 is 1.24 bits per heavy atom. The second-order valence-electron chi connectivity index (χ2n) is 5.65. The van der Waals surface area contributed by atoms with E-state index in [2.05, 4.69) is 26.0 Å². The molecule has 0 atom stereocenters. The number of hydrogen-bond acceptors (Lipinski definition) is 3. The molecule has 1 saturated carbocycles. The second-order valence-corrected chi connectivity index (χ2v) is 8.24. The van der Waals surface area contributed by atoms with Crippen LogP contribution in [0.3, 0.4) is 0 Å². The molecule has 6 heteroatoms. The van der Waals surface area contributed by atoms with Gasteiger partial charge in [0.15, 0.2) is 0 Å². The highest BCUT2D eigenvalue weighted by Gasteiger charge is 2.21. The van der Waals surface area contributed by atoms with Gasteiger partial charge in [-0.15, -0.1) is 0 Å². The number of sulfonamides is 1. The van der Waals surface area contributed by atoms with Gasteiger partial charge in [0.1, 0.15) is 0 Å². The summed E-state index contributed by atoms with van der Waals surface area (Å²) in [5.41, 5.74) is 0.957. The van der Waals surface area contributed by atoms with E-state index in [4.69, 9.17) is 0 Å². The fourth-order valence-electron chi connectivity index (χ4n) is 2.76. The average molecular weight is 375 g/mol. The van der Waals surface area contributed by atoms with Crippen molar-refractivity contribution in [3.63, 3.8) is 0 Å². The Kier molecular flexibility index (Phi) is 6.22. The number of hydrogen-bond donors (Lipinski definition) is 2. The fourth-order valence-corrected chi connectivity index (χ4v) is 4.89. The molecule has 0 amide bonds. The molecule has 1 fully saturated rings. The van der Waals surface area contributed by atoms with Gasteiger partial charge in [-0.25, -0.2) is 13.1 Å². The zero-order valence-electron chi connectivity index (χ0n) is 12.4. The largest absolute Gasteiger partial charge is 0.316 e. The summed E-state index contributed by atoms with van der Waals surface area (Å²) < 4.78 is 28.4. The molecule has 0 aliphatic heterocycles. The Hall–Kier alpha value is -0.430. The summed E-state index contributed by atoms with van der Waals surface area (Å²) in [6, 6.07) is 5.44. The summed E-state index contributed by atoms with van der Waals surface area (Å²) in [7, 11) is -1.61.